The number of carbonyl (C=O) groups is 1. The molecule has 0 atom stereocenters. The summed E-state index contributed by atoms with van der Waals surface area (Å²) >= 11 is 1.34. The van der Waals surface area contributed by atoms with E-state index in [-0.39, 0.29) is 5.91 Å². The first-order valence-electron chi connectivity index (χ1n) is 6.97. The van der Waals surface area contributed by atoms with Crippen LogP contribution in [0.2, 0.25) is 0 Å². The fourth-order valence-electron chi connectivity index (χ4n) is 1.94. The monoisotopic (exact) mass is 332 g/mol. The summed E-state index contributed by atoms with van der Waals surface area (Å²) in [5, 5.41) is 9.02. The Morgan fingerprint density at radius 3 is 2.65 bits per heavy atom. The summed E-state index contributed by atoms with van der Waals surface area (Å²) in [6.07, 6.45) is 3.21. The van der Waals surface area contributed by atoms with Gasteiger partial charge in [-0.3, -0.25) is 9.36 Å². The minimum atomic E-state index is 0.0158. The van der Waals surface area contributed by atoms with E-state index in [1.54, 1.807) is 37.6 Å². The van der Waals surface area contributed by atoms with Crippen LogP contribution in [0.15, 0.2) is 50.8 Å². The molecule has 0 aliphatic rings. The van der Waals surface area contributed by atoms with Crippen LogP contribution in [-0.2, 0) is 11.3 Å². The molecule has 0 aliphatic heterocycles. The van der Waals surface area contributed by atoms with Crippen molar-refractivity contribution in [1.29, 1.82) is 0 Å². The van der Waals surface area contributed by atoms with Gasteiger partial charge in [0.2, 0.25) is 11.7 Å². The fraction of sp³-hybridized carbons (Fsp3) is 0.267. The van der Waals surface area contributed by atoms with Gasteiger partial charge in [0.15, 0.2) is 10.9 Å². The minimum absolute atomic E-state index is 0.0158. The number of furan rings is 2. The third-order valence-electron chi connectivity index (χ3n) is 3.18. The molecule has 120 valence electrons. The van der Waals surface area contributed by atoms with E-state index in [4.69, 9.17) is 8.83 Å². The van der Waals surface area contributed by atoms with Crippen LogP contribution in [0.4, 0.5) is 0 Å². The topological polar surface area (TPSA) is 77.3 Å². The SMILES string of the molecule is CN(C)C(=O)CSc1nnc(-c2ccco2)n1Cc1ccco1. The molecule has 1 amide bonds. The van der Waals surface area contributed by atoms with Crippen molar-refractivity contribution in [2.45, 2.75) is 11.7 Å². The van der Waals surface area contributed by atoms with Gasteiger partial charge in [0.05, 0.1) is 24.8 Å². The van der Waals surface area contributed by atoms with Crippen LogP contribution in [0.25, 0.3) is 11.6 Å². The Balaban J connectivity index is 1.88. The highest BCUT2D eigenvalue weighted by atomic mass is 32.2. The van der Waals surface area contributed by atoms with E-state index in [1.807, 2.05) is 22.8 Å². The molecule has 0 bridgehead atoms. The van der Waals surface area contributed by atoms with Gasteiger partial charge in [-0.25, -0.2) is 0 Å². The summed E-state index contributed by atoms with van der Waals surface area (Å²) in [7, 11) is 3.45. The molecule has 0 radical (unpaired) electrons. The Morgan fingerprint density at radius 2 is 2.00 bits per heavy atom. The smallest absolute Gasteiger partial charge is 0.232 e. The second-order valence-electron chi connectivity index (χ2n) is 5.03. The second kappa shape index (κ2) is 6.74. The van der Waals surface area contributed by atoms with Crippen LogP contribution < -0.4 is 0 Å². The standard InChI is InChI=1S/C15H16N4O3S/c1-18(2)13(20)10-23-15-17-16-14(12-6-4-8-22-12)19(15)9-11-5-3-7-21-11/h3-8H,9-10H2,1-2H3. The van der Waals surface area contributed by atoms with Crippen molar-refractivity contribution in [3.63, 3.8) is 0 Å². The Labute approximate surface area is 137 Å². The second-order valence-corrected chi connectivity index (χ2v) is 5.97. The van der Waals surface area contributed by atoms with Crippen LogP contribution in [0, 0.1) is 0 Å². The molecule has 0 fully saturated rings. The van der Waals surface area contributed by atoms with Gasteiger partial charge in [0, 0.05) is 14.1 Å². The number of thioether (sulfide) groups is 1. The van der Waals surface area contributed by atoms with Crippen LogP contribution in [0.1, 0.15) is 5.76 Å². The number of hydrogen-bond acceptors (Lipinski definition) is 6. The maximum Gasteiger partial charge on any atom is 0.232 e. The molecule has 0 N–H and O–H groups in total. The molecule has 0 unspecified atom stereocenters. The van der Waals surface area contributed by atoms with E-state index in [0.717, 1.165) is 5.76 Å². The molecule has 3 rings (SSSR count). The van der Waals surface area contributed by atoms with E-state index >= 15 is 0 Å². The number of amides is 1. The molecule has 0 spiro atoms. The molecule has 0 aliphatic carbocycles. The molecule has 0 saturated carbocycles. The highest BCUT2D eigenvalue weighted by Gasteiger charge is 2.18. The van der Waals surface area contributed by atoms with Gasteiger partial charge in [-0.05, 0) is 24.3 Å². The first kappa shape index (κ1) is 15.4. The third-order valence-corrected chi connectivity index (χ3v) is 4.13. The zero-order valence-electron chi connectivity index (χ0n) is 12.8. The molecule has 3 aromatic heterocycles. The van der Waals surface area contributed by atoms with E-state index in [9.17, 15) is 4.79 Å². The maximum atomic E-state index is 11.8. The van der Waals surface area contributed by atoms with E-state index < -0.39 is 0 Å². The average Bonchev–Trinajstić information content (AvgIpc) is 3.27. The molecule has 3 heterocycles. The number of carbonyl (C=O) groups excluding carboxylic acids is 1. The van der Waals surface area contributed by atoms with E-state index in [1.165, 1.54) is 11.8 Å². The molecular formula is C15H16N4O3S. The predicted octanol–water partition coefficient (Wildman–Crippen LogP) is 2.36. The van der Waals surface area contributed by atoms with Crippen LogP contribution in [-0.4, -0.2) is 45.4 Å². The van der Waals surface area contributed by atoms with Crippen LogP contribution >= 0.6 is 11.8 Å². The van der Waals surface area contributed by atoms with Gasteiger partial charge in [0.1, 0.15) is 5.76 Å². The largest absolute Gasteiger partial charge is 0.467 e. The Hall–Kier alpha value is -2.48. The first-order chi connectivity index (χ1) is 11.1. The minimum Gasteiger partial charge on any atom is -0.467 e. The summed E-state index contributed by atoms with van der Waals surface area (Å²) in [5.74, 6) is 2.31. The van der Waals surface area contributed by atoms with Crippen molar-refractivity contribution in [3.8, 4) is 11.6 Å². The Kier molecular flexibility index (Phi) is 4.52. The van der Waals surface area contributed by atoms with E-state index in [0.29, 0.717) is 29.0 Å². The molecular weight excluding hydrogens is 316 g/mol. The number of nitrogens with zero attached hydrogens (tertiary/aromatic N) is 4. The van der Waals surface area contributed by atoms with Crippen molar-refractivity contribution < 1.29 is 13.6 Å². The van der Waals surface area contributed by atoms with Crippen LogP contribution in [0.5, 0.6) is 0 Å². The molecule has 7 nitrogen and oxygen atoms in total. The highest BCUT2D eigenvalue weighted by Crippen LogP contribution is 2.25. The lowest BCUT2D eigenvalue weighted by Gasteiger charge is -2.10. The van der Waals surface area contributed by atoms with Crippen LogP contribution in [0.3, 0.4) is 0 Å². The molecule has 0 aromatic carbocycles. The molecule has 8 heteroatoms. The van der Waals surface area contributed by atoms with Crippen molar-refractivity contribution in [2.75, 3.05) is 19.8 Å². The molecule has 0 saturated heterocycles. The van der Waals surface area contributed by atoms with Gasteiger partial charge in [-0.2, -0.15) is 0 Å². The quantitative estimate of drug-likeness (QED) is 0.645. The predicted molar refractivity (Wildman–Crippen MR) is 85.0 cm³/mol. The Morgan fingerprint density at radius 1 is 1.22 bits per heavy atom. The highest BCUT2D eigenvalue weighted by molar-refractivity contribution is 7.99. The lowest BCUT2D eigenvalue weighted by molar-refractivity contribution is -0.125. The fourth-order valence-corrected chi connectivity index (χ4v) is 2.86. The molecule has 23 heavy (non-hydrogen) atoms. The third kappa shape index (κ3) is 3.48. The van der Waals surface area contributed by atoms with Gasteiger partial charge in [-0.1, -0.05) is 11.8 Å². The normalized spacial score (nSPS) is 10.9. The van der Waals surface area contributed by atoms with Crippen molar-refractivity contribution in [1.82, 2.24) is 19.7 Å². The van der Waals surface area contributed by atoms with Gasteiger partial charge in [0.25, 0.3) is 0 Å². The number of rotatable bonds is 6. The van der Waals surface area contributed by atoms with Gasteiger partial charge >= 0.3 is 0 Å². The van der Waals surface area contributed by atoms with Crippen molar-refractivity contribution in [3.05, 3.63) is 42.6 Å². The number of hydrogen-bond donors (Lipinski definition) is 0. The van der Waals surface area contributed by atoms with Crippen molar-refractivity contribution in [2.24, 2.45) is 0 Å². The van der Waals surface area contributed by atoms with Gasteiger partial charge in [-0.15, -0.1) is 10.2 Å². The first-order valence-corrected chi connectivity index (χ1v) is 7.96. The summed E-state index contributed by atoms with van der Waals surface area (Å²) in [4.78, 5) is 13.3. The summed E-state index contributed by atoms with van der Waals surface area (Å²) in [6, 6.07) is 7.33. The lowest BCUT2D eigenvalue weighted by atomic mass is 10.4. The maximum absolute atomic E-state index is 11.8. The van der Waals surface area contributed by atoms with Gasteiger partial charge < -0.3 is 13.7 Å². The van der Waals surface area contributed by atoms with E-state index in [2.05, 4.69) is 10.2 Å². The molecule has 3 aromatic rings. The van der Waals surface area contributed by atoms with Crippen molar-refractivity contribution >= 4 is 17.7 Å². The zero-order chi connectivity index (χ0) is 16.2. The average molecular weight is 332 g/mol. The summed E-state index contributed by atoms with van der Waals surface area (Å²) in [6.45, 7) is 0.467. The zero-order valence-corrected chi connectivity index (χ0v) is 13.6. The summed E-state index contributed by atoms with van der Waals surface area (Å²) < 4.78 is 12.7. The summed E-state index contributed by atoms with van der Waals surface area (Å²) in [5.41, 5.74) is 0. The number of aromatic nitrogens is 3. The lowest BCUT2D eigenvalue weighted by Crippen LogP contribution is -2.23. The Bertz CT molecular complexity index is 763.